The van der Waals surface area contributed by atoms with Gasteiger partial charge in [-0.2, -0.15) is 0 Å². The molecule has 156 valence electrons. The topological polar surface area (TPSA) is 27.7 Å². The molecule has 3 nitrogen and oxygen atoms in total. The van der Waals surface area contributed by atoms with Gasteiger partial charge in [-0.15, -0.1) is 0 Å². The van der Waals surface area contributed by atoms with Crippen molar-refractivity contribution in [1.82, 2.24) is 0 Å². The molecule has 0 aromatic carbocycles. The molecule has 0 aromatic heterocycles. The first-order valence-electron chi connectivity index (χ1n) is 9.47. The summed E-state index contributed by atoms with van der Waals surface area (Å²) in [5.74, 6) is 0. The van der Waals surface area contributed by atoms with E-state index in [4.69, 9.17) is 13.3 Å². The molecule has 0 unspecified atom stereocenters. The van der Waals surface area contributed by atoms with Gasteiger partial charge in [0.05, 0.1) is 0 Å². The molecule has 0 fully saturated rings. The quantitative estimate of drug-likeness (QED) is 0.199. The molecule has 0 spiro atoms. The van der Waals surface area contributed by atoms with Crippen molar-refractivity contribution in [2.24, 2.45) is 0 Å². The average molecular weight is 580 g/mol. The molecule has 1 rings (SSSR count). The van der Waals surface area contributed by atoms with Crippen LogP contribution in [0.1, 0.15) is 27.2 Å². The molecule has 0 radical (unpaired) electrons. The zero-order valence-corrected chi connectivity index (χ0v) is 22.4. The van der Waals surface area contributed by atoms with Gasteiger partial charge in [-0.1, -0.05) is 0 Å². The van der Waals surface area contributed by atoms with Crippen molar-refractivity contribution in [3.05, 3.63) is 33.5 Å². The van der Waals surface area contributed by atoms with E-state index in [2.05, 4.69) is 52.6 Å². The molecule has 0 heterocycles. The fraction of sp³-hybridized carbons (Fsp3) is 0.700. The third-order valence-electron chi connectivity index (χ3n) is 5.45. The molecule has 0 bridgehead atoms. The van der Waals surface area contributed by atoms with E-state index in [1.165, 1.54) is 20.0 Å². The fourth-order valence-corrected chi connectivity index (χ4v) is 21.3. The Morgan fingerprint density at radius 3 is 1.92 bits per heavy atom. The Morgan fingerprint density at radius 1 is 1.04 bits per heavy atom. The maximum absolute atomic E-state index is 5.76. The van der Waals surface area contributed by atoms with Crippen molar-refractivity contribution in [3.63, 3.8) is 0 Å². The van der Waals surface area contributed by atoms with Crippen LogP contribution in [0.3, 0.4) is 0 Å². The van der Waals surface area contributed by atoms with Crippen LogP contribution in [0.25, 0.3) is 0 Å². The molecule has 0 saturated heterocycles. The van der Waals surface area contributed by atoms with E-state index in [1.807, 2.05) is 3.96 Å². The summed E-state index contributed by atoms with van der Waals surface area (Å²) in [5, 5.41) is 1.71. The molecule has 6 heteroatoms. The summed E-state index contributed by atoms with van der Waals surface area (Å²) in [5.41, 5.74) is 1.46. The molecule has 0 atom stereocenters. The van der Waals surface area contributed by atoms with Crippen molar-refractivity contribution < 1.29 is 29.3 Å². The van der Waals surface area contributed by atoms with Crippen molar-refractivity contribution in [2.45, 2.75) is 66.8 Å². The summed E-state index contributed by atoms with van der Waals surface area (Å²) in [4.78, 5) is 4.12. The van der Waals surface area contributed by atoms with E-state index in [9.17, 15) is 0 Å². The van der Waals surface area contributed by atoms with Crippen molar-refractivity contribution in [3.8, 4) is 0 Å². The fourth-order valence-electron chi connectivity index (χ4n) is 3.86. The first-order valence-corrected chi connectivity index (χ1v) is 20.6. The van der Waals surface area contributed by atoms with Crippen LogP contribution in [0.5, 0.6) is 0 Å². The zero-order chi connectivity index (χ0) is 20.0. The van der Waals surface area contributed by atoms with Gasteiger partial charge in [0, 0.05) is 0 Å². The van der Waals surface area contributed by atoms with Crippen molar-refractivity contribution in [2.75, 3.05) is 21.3 Å². The number of allylic oxidation sites excluding steroid dienone is 5. The molecule has 0 N–H and O–H groups in total. The molecule has 1 aliphatic rings. The van der Waals surface area contributed by atoms with E-state index in [-0.39, 0.29) is 0 Å². The Hall–Kier alpha value is 0.222. The van der Waals surface area contributed by atoms with Crippen LogP contribution < -0.4 is 0 Å². The molecule has 0 aliphatic heterocycles. The average Bonchev–Trinajstić information content (AvgIpc) is 3.07. The molecular formula is C20H40O3PtSi2. The Bertz CT molecular complexity index is 531. The summed E-state index contributed by atoms with van der Waals surface area (Å²) in [6.45, 7) is 16.3. The summed E-state index contributed by atoms with van der Waals surface area (Å²) in [6, 6.07) is 1.91. The number of hydrogen-bond acceptors (Lipinski definition) is 3. The van der Waals surface area contributed by atoms with Gasteiger partial charge < -0.3 is 0 Å². The summed E-state index contributed by atoms with van der Waals surface area (Å²) in [6.07, 6.45) is 5.74. The van der Waals surface area contributed by atoms with Gasteiger partial charge in [0.2, 0.25) is 0 Å². The van der Waals surface area contributed by atoms with E-state index >= 15 is 0 Å². The van der Waals surface area contributed by atoms with Crippen molar-refractivity contribution in [1.29, 1.82) is 0 Å². The number of hydrogen-bond donors (Lipinski definition) is 0. The molecule has 0 saturated carbocycles. The Labute approximate surface area is 167 Å². The Balaban J connectivity index is 3.51. The van der Waals surface area contributed by atoms with E-state index < -0.39 is 32.9 Å². The third kappa shape index (κ3) is 4.79. The van der Waals surface area contributed by atoms with Gasteiger partial charge in [-0.3, -0.25) is 0 Å². The maximum atomic E-state index is 5.76. The van der Waals surface area contributed by atoms with Gasteiger partial charge >= 0.3 is 168 Å². The summed E-state index contributed by atoms with van der Waals surface area (Å²) < 4.78 is 19.1. The van der Waals surface area contributed by atoms with Crippen LogP contribution in [-0.4, -0.2) is 38.2 Å². The van der Waals surface area contributed by atoms with Crippen LogP contribution in [0.15, 0.2) is 33.5 Å². The predicted octanol–water partition coefficient (Wildman–Crippen LogP) is 6.35. The van der Waals surface area contributed by atoms with Crippen LogP contribution >= 0.6 is 0 Å². The van der Waals surface area contributed by atoms with Gasteiger partial charge in [0.25, 0.3) is 0 Å². The molecular weight excluding hydrogens is 539 g/mol. The second-order valence-corrected chi connectivity index (χ2v) is 26.6. The minimum atomic E-state index is -2.63. The molecule has 0 aromatic rings. The SMILES string of the molecule is C=CC[Si](C)(C)C1=[C]([Pt]([CH2]C)([CH2]C)[CH2]C)CC=C1C[Si](OC)(OC)OC. The van der Waals surface area contributed by atoms with Crippen LogP contribution in [0, 0.1) is 0 Å². The zero-order valence-electron chi connectivity index (χ0n) is 18.1. The van der Waals surface area contributed by atoms with Crippen LogP contribution in [0.2, 0.25) is 39.6 Å². The van der Waals surface area contributed by atoms with Gasteiger partial charge in [-0.05, 0) is 0 Å². The molecule has 1 aliphatic carbocycles. The first kappa shape index (κ1) is 24.3. The third-order valence-corrected chi connectivity index (χ3v) is 25.1. The van der Waals surface area contributed by atoms with Gasteiger partial charge in [0.1, 0.15) is 0 Å². The van der Waals surface area contributed by atoms with E-state index in [1.54, 1.807) is 26.5 Å². The van der Waals surface area contributed by atoms with Crippen molar-refractivity contribution >= 4 is 16.9 Å². The Kier molecular flexibility index (Phi) is 9.45. The predicted molar refractivity (Wildman–Crippen MR) is 115 cm³/mol. The second kappa shape index (κ2) is 10.1. The summed E-state index contributed by atoms with van der Waals surface area (Å²) >= 11 is -1.93. The van der Waals surface area contributed by atoms with Crippen LogP contribution in [0.4, 0.5) is 0 Å². The second-order valence-electron chi connectivity index (χ2n) is 7.01. The number of rotatable bonds is 12. The Morgan fingerprint density at radius 2 is 1.54 bits per heavy atom. The summed E-state index contributed by atoms with van der Waals surface area (Å²) in [7, 11) is 0.928. The molecule has 0 amide bonds. The van der Waals surface area contributed by atoms with E-state index in [0.717, 1.165) is 18.5 Å². The standard InChI is InChI=1S/C14H25O3Si2.3C2H5.Pt/c1-7-11-18(5,6)14-10-8-9-13(14)12-19(15-2,16-3)17-4;3*1-2;/h7,9H,1,8,11-12H2,2-6H3;3*1H2,2H3;. The van der Waals surface area contributed by atoms with Crippen LogP contribution in [-0.2, 0) is 29.3 Å². The van der Waals surface area contributed by atoms with E-state index in [0.29, 0.717) is 0 Å². The normalized spacial score (nSPS) is 16.8. The molecule has 26 heavy (non-hydrogen) atoms. The van der Waals surface area contributed by atoms with Gasteiger partial charge in [-0.25, -0.2) is 0 Å². The minimum absolute atomic E-state index is 0.789. The first-order chi connectivity index (χ1) is 12.2. The van der Waals surface area contributed by atoms with Gasteiger partial charge in [0.15, 0.2) is 0 Å². The monoisotopic (exact) mass is 579 g/mol.